The van der Waals surface area contributed by atoms with Crippen molar-refractivity contribution in [2.45, 2.75) is 30.7 Å². The molecule has 138 valence electrons. The molecule has 1 aromatic heterocycles. The molecule has 1 saturated heterocycles. The maximum atomic E-state index is 13.3. The third kappa shape index (κ3) is 3.20. The summed E-state index contributed by atoms with van der Waals surface area (Å²) in [6, 6.07) is 0.757. The fourth-order valence-electron chi connectivity index (χ4n) is 3.05. The molecule has 0 aliphatic carbocycles. The summed E-state index contributed by atoms with van der Waals surface area (Å²) < 4.78 is 83.9. The normalized spacial score (nSPS) is 18.7. The van der Waals surface area contributed by atoms with Crippen LogP contribution in [0, 0.1) is 0 Å². The zero-order valence-electron chi connectivity index (χ0n) is 13.1. The number of hydrogen-bond acceptors (Lipinski definition) is 3. The van der Waals surface area contributed by atoms with Crippen LogP contribution in [0.3, 0.4) is 0 Å². The molecule has 10 heteroatoms. The lowest BCUT2D eigenvalue weighted by Gasteiger charge is -2.35. The van der Waals surface area contributed by atoms with Crippen LogP contribution in [0.1, 0.15) is 29.8 Å². The molecule has 0 bridgehead atoms. The van der Waals surface area contributed by atoms with E-state index in [4.69, 9.17) is 4.74 Å². The third-order valence-corrected chi connectivity index (χ3v) is 4.50. The Hall–Kier alpha value is -1.81. The summed E-state index contributed by atoms with van der Waals surface area (Å²) in [5, 5.41) is 3.02. The van der Waals surface area contributed by atoms with Crippen LogP contribution >= 0.6 is 0 Å². The molecule has 0 saturated carbocycles. The van der Waals surface area contributed by atoms with E-state index >= 15 is 0 Å². The van der Waals surface area contributed by atoms with Crippen molar-refractivity contribution in [1.29, 1.82) is 0 Å². The van der Waals surface area contributed by atoms with Crippen LogP contribution in [0.4, 0.5) is 26.3 Å². The Balaban J connectivity index is 2.22. The second-order valence-corrected chi connectivity index (χ2v) is 5.95. The number of ether oxygens (including phenoxy) is 1. The van der Waals surface area contributed by atoms with Crippen molar-refractivity contribution in [3.63, 3.8) is 0 Å². The summed E-state index contributed by atoms with van der Waals surface area (Å²) >= 11 is 0. The van der Waals surface area contributed by atoms with Gasteiger partial charge in [-0.25, -0.2) is 4.98 Å². The maximum Gasteiger partial charge on any atom is 0.418 e. The highest BCUT2D eigenvalue weighted by Crippen LogP contribution is 2.40. The van der Waals surface area contributed by atoms with Crippen LogP contribution in [0.25, 0.3) is 11.0 Å². The van der Waals surface area contributed by atoms with E-state index in [1.54, 1.807) is 7.05 Å². The van der Waals surface area contributed by atoms with Crippen LogP contribution in [-0.2, 0) is 22.6 Å². The van der Waals surface area contributed by atoms with Crippen molar-refractivity contribution in [3.05, 3.63) is 29.1 Å². The zero-order chi connectivity index (χ0) is 18.5. The first-order chi connectivity index (χ1) is 11.6. The molecule has 2 N–H and O–H groups in total. The summed E-state index contributed by atoms with van der Waals surface area (Å²) in [5.41, 5.74) is -4.35. The number of nitrogens with zero attached hydrogens (tertiary/aromatic N) is 1. The molecule has 0 unspecified atom stereocenters. The SMILES string of the molecule is CNC1(c2nc3c(C(F)(F)F)cc(C(F)(F)F)cc3[nH]2)CCOCC1. The highest BCUT2D eigenvalue weighted by atomic mass is 19.4. The van der Waals surface area contributed by atoms with Gasteiger partial charge < -0.3 is 15.0 Å². The minimum absolute atomic E-state index is 0.100. The number of alkyl halides is 6. The lowest BCUT2D eigenvalue weighted by Crippen LogP contribution is -2.45. The van der Waals surface area contributed by atoms with Crippen LogP contribution < -0.4 is 5.32 Å². The van der Waals surface area contributed by atoms with E-state index in [0.29, 0.717) is 32.1 Å². The van der Waals surface area contributed by atoms with E-state index in [1.807, 2.05) is 0 Å². The third-order valence-electron chi connectivity index (χ3n) is 4.50. The molecule has 1 aromatic carbocycles. The number of imidazole rings is 1. The monoisotopic (exact) mass is 367 g/mol. The lowest BCUT2D eigenvalue weighted by molar-refractivity contribution is -0.142. The Kier molecular flexibility index (Phi) is 4.23. The lowest BCUT2D eigenvalue weighted by atomic mass is 9.89. The summed E-state index contributed by atoms with van der Waals surface area (Å²) in [7, 11) is 1.63. The Bertz CT molecular complexity index is 774. The number of hydrogen-bond donors (Lipinski definition) is 2. The molecule has 1 aliphatic rings. The van der Waals surface area contributed by atoms with Crippen LogP contribution in [0.15, 0.2) is 12.1 Å². The second kappa shape index (κ2) is 5.87. The fourth-order valence-corrected chi connectivity index (χ4v) is 3.05. The number of H-pyrrole nitrogens is 1. The molecular weight excluding hydrogens is 352 g/mol. The Morgan fingerprint density at radius 3 is 2.24 bits per heavy atom. The first kappa shape index (κ1) is 18.0. The van der Waals surface area contributed by atoms with E-state index < -0.39 is 34.5 Å². The van der Waals surface area contributed by atoms with Gasteiger partial charge in [0.1, 0.15) is 11.3 Å². The smallest absolute Gasteiger partial charge is 0.381 e. The highest BCUT2D eigenvalue weighted by molar-refractivity contribution is 5.81. The van der Waals surface area contributed by atoms with Crippen LogP contribution in [0.2, 0.25) is 0 Å². The quantitative estimate of drug-likeness (QED) is 0.794. The largest absolute Gasteiger partial charge is 0.418 e. The van der Waals surface area contributed by atoms with Gasteiger partial charge >= 0.3 is 12.4 Å². The summed E-state index contributed by atoms with van der Waals surface area (Å²) in [4.78, 5) is 6.66. The van der Waals surface area contributed by atoms with E-state index in [2.05, 4.69) is 15.3 Å². The van der Waals surface area contributed by atoms with Crippen molar-refractivity contribution < 1.29 is 31.1 Å². The molecular formula is C15H15F6N3O. The summed E-state index contributed by atoms with van der Waals surface area (Å²) in [6.07, 6.45) is -8.96. The van der Waals surface area contributed by atoms with Gasteiger partial charge in [-0.2, -0.15) is 26.3 Å². The zero-order valence-corrected chi connectivity index (χ0v) is 13.1. The molecule has 1 fully saturated rings. The van der Waals surface area contributed by atoms with Gasteiger partial charge in [-0.05, 0) is 32.0 Å². The summed E-state index contributed by atoms with van der Waals surface area (Å²) in [6.45, 7) is 0.746. The molecule has 0 amide bonds. The van der Waals surface area contributed by atoms with E-state index in [9.17, 15) is 26.3 Å². The van der Waals surface area contributed by atoms with Crippen molar-refractivity contribution in [3.8, 4) is 0 Å². The van der Waals surface area contributed by atoms with Gasteiger partial charge in [0.2, 0.25) is 0 Å². The number of nitrogens with one attached hydrogen (secondary N) is 2. The van der Waals surface area contributed by atoms with Crippen LogP contribution in [-0.4, -0.2) is 30.2 Å². The highest BCUT2D eigenvalue weighted by Gasteiger charge is 2.41. The average molecular weight is 367 g/mol. The first-order valence-electron chi connectivity index (χ1n) is 7.52. The van der Waals surface area contributed by atoms with Crippen molar-refractivity contribution in [1.82, 2.24) is 15.3 Å². The van der Waals surface area contributed by atoms with Gasteiger partial charge in [0.05, 0.1) is 22.2 Å². The van der Waals surface area contributed by atoms with Gasteiger partial charge in [0, 0.05) is 13.2 Å². The topological polar surface area (TPSA) is 49.9 Å². The van der Waals surface area contributed by atoms with Crippen molar-refractivity contribution in [2.24, 2.45) is 0 Å². The molecule has 0 radical (unpaired) electrons. The molecule has 2 aromatic rings. The minimum atomic E-state index is -4.95. The molecule has 0 atom stereocenters. The van der Waals surface area contributed by atoms with Gasteiger partial charge in [0.15, 0.2) is 0 Å². The molecule has 0 spiro atoms. The number of fused-ring (bicyclic) bond motifs is 1. The Labute approximate surface area is 138 Å². The van der Waals surface area contributed by atoms with Gasteiger partial charge in [0.25, 0.3) is 0 Å². The van der Waals surface area contributed by atoms with E-state index in [1.165, 1.54) is 0 Å². The molecule has 3 rings (SSSR count). The van der Waals surface area contributed by atoms with Gasteiger partial charge in [-0.3, -0.25) is 0 Å². The van der Waals surface area contributed by atoms with E-state index in [0.717, 1.165) is 0 Å². The Morgan fingerprint density at radius 2 is 1.72 bits per heavy atom. The van der Waals surface area contributed by atoms with Crippen molar-refractivity contribution >= 4 is 11.0 Å². The van der Waals surface area contributed by atoms with Gasteiger partial charge in [-0.15, -0.1) is 0 Å². The molecule has 25 heavy (non-hydrogen) atoms. The number of rotatable bonds is 2. The van der Waals surface area contributed by atoms with E-state index in [-0.39, 0.29) is 17.4 Å². The molecule has 2 heterocycles. The molecule has 1 aliphatic heterocycles. The number of aromatic amines is 1. The standard InChI is InChI=1S/C15H15F6N3O/c1-22-13(2-4-25-5-3-13)12-23-10-7-8(14(16,17)18)6-9(11(10)24-12)15(19,20)21/h6-7,22H,2-5H2,1H3,(H,23,24). The number of aromatic nitrogens is 2. The fraction of sp³-hybridized carbons (Fsp3) is 0.533. The second-order valence-electron chi connectivity index (χ2n) is 5.95. The van der Waals surface area contributed by atoms with Gasteiger partial charge in [-0.1, -0.05) is 0 Å². The number of halogens is 6. The Morgan fingerprint density at radius 1 is 1.08 bits per heavy atom. The average Bonchev–Trinajstić information content (AvgIpc) is 2.97. The first-order valence-corrected chi connectivity index (χ1v) is 7.52. The maximum absolute atomic E-state index is 13.3. The predicted molar refractivity (Wildman–Crippen MR) is 76.9 cm³/mol. The number of benzene rings is 1. The van der Waals surface area contributed by atoms with Crippen LogP contribution in [0.5, 0.6) is 0 Å². The minimum Gasteiger partial charge on any atom is -0.381 e. The predicted octanol–water partition coefficient (Wildman–Crippen LogP) is 3.83. The molecule has 4 nitrogen and oxygen atoms in total. The van der Waals surface area contributed by atoms with Crippen molar-refractivity contribution in [2.75, 3.05) is 20.3 Å². The summed E-state index contributed by atoms with van der Waals surface area (Å²) in [5.74, 6) is 0.179.